The van der Waals surface area contributed by atoms with Gasteiger partial charge in [0.25, 0.3) is 0 Å². The smallest absolute Gasteiger partial charge is 0.305 e. The van der Waals surface area contributed by atoms with E-state index in [1.54, 1.807) is 6.92 Å². The summed E-state index contributed by atoms with van der Waals surface area (Å²) in [4.78, 5) is 11.0. The molecule has 0 aromatic rings. The van der Waals surface area contributed by atoms with Gasteiger partial charge in [-0.25, -0.2) is 0 Å². The van der Waals surface area contributed by atoms with E-state index in [0.29, 0.717) is 24.7 Å². The first-order valence-corrected chi connectivity index (χ1v) is 5.42. The minimum absolute atomic E-state index is 0.252. The minimum atomic E-state index is -0.394. The van der Waals surface area contributed by atoms with Crippen molar-refractivity contribution in [3.63, 3.8) is 0 Å². The van der Waals surface area contributed by atoms with Crippen molar-refractivity contribution in [3.05, 3.63) is 0 Å². The molecule has 82 valence electrons. The second kappa shape index (κ2) is 8.00. The quantitative estimate of drug-likeness (QED) is 0.404. The van der Waals surface area contributed by atoms with Crippen molar-refractivity contribution in [1.82, 2.24) is 0 Å². The van der Waals surface area contributed by atoms with Gasteiger partial charge in [-0.1, -0.05) is 0 Å². The predicted octanol–water partition coefficient (Wildman–Crippen LogP) is 2.30. The molecule has 0 aromatic heterocycles. The van der Waals surface area contributed by atoms with Gasteiger partial charge in [0.15, 0.2) is 5.05 Å². The maximum atomic E-state index is 11.0. The van der Waals surface area contributed by atoms with Crippen LogP contribution in [-0.4, -0.2) is 29.6 Å². The Labute approximate surface area is 94.7 Å². The number of alkyl halides is 1. The molecular formula is C9H15ClO3S. The van der Waals surface area contributed by atoms with Crippen molar-refractivity contribution in [3.8, 4) is 0 Å². The molecule has 0 fully saturated rings. The molecule has 0 saturated carbocycles. The zero-order valence-corrected chi connectivity index (χ0v) is 9.99. The molecule has 0 rings (SSSR count). The van der Waals surface area contributed by atoms with Crippen LogP contribution in [0.25, 0.3) is 0 Å². The van der Waals surface area contributed by atoms with Crippen LogP contribution in [0.3, 0.4) is 0 Å². The molecule has 0 aliphatic rings. The van der Waals surface area contributed by atoms with E-state index in [1.165, 1.54) is 0 Å². The average Bonchev–Trinajstić information content (AvgIpc) is 2.15. The first-order chi connectivity index (χ1) is 6.61. The number of hydrogen-bond donors (Lipinski definition) is 0. The first kappa shape index (κ1) is 13.7. The van der Waals surface area contributed by atoms with Crippen molar-refractivity contribution < 1.29 is 14.3 Å². The first-order valence-electron chi connectivity index (χ1n) is 4.58. The highest BCUT2D eigenvalue weighted by Crippen LogP contribution is 2.09. The summed E-state index contributed by atoms with van der Waals surface area (Å²) < 4.78 is 9.79. The Morgan fingerprint density at radius 2 is 1.93 bits per heavy atom. The van der Waals surface area contributed by atoms with E-state index >= 15 is 0 Å². The molecule has 0 saturated heterocycles. The fourth-order valence-electron chi connectivity index (χ4n) is 0.828. The molecule has 0 spiro atoms. The van der Waals surface area contributed by atoms with Crippen LogP contribution in [0.4, 0.5) is 0 Å². The summed E-state index contributed by atoms with van der Waals surface area (Å²) in [6, 6.07) is 0. The number of rotatable bonds is 6. The fraction of sp³-hybridized carbons (Fsp3) is 0.778. The second-order valence-electron chi connectivity index (χ2n) is 2.56. The Bertz CT molecular complexity index is 196. The van der Waals surface area contributed by atoms with Crippen LogP contribution in [0.15, 0.2) is 0 Å². The lowest BCUT2D eigenvalue weighted by atomic mass is 10.2. The molecule has 0 amide bonds. The molecule has 0 aliphatic heterocycles. The van der Waals surface area contributed by atoms with Gasteiger partial charge in [-0.05, 0) is 32.5 Å². The second-order valence-corrected chi connectivity index (χ2v) is 3.49. The van der Waals surface area contributed by atoms with Gasteiger partial charge in [0.1, 0.15) is 5.38 Å². The normalized spacial score (nSPS) is 11.9. The van der Waals surface area contributed by atoms with Gasteiger partial charge in [-0.3, -0.25) is 4.79 Å². The van der Waals surface area contributed by atoms with E-state index in [2.05, 4.69) is 0 Å². The molecule has 5 heteroatoms. The standard InChI is InChI=1S/C9H15ClO3S/c1-3-12-8(11)6-5-7(10)9(14)13-4-2/h7H,3-6H2,1-2H3. The zero-order chi connectivity index (χ0) is 11.0. The van der Waals surface area contributed by atoms with E-state index in [9.17, 15) is 4.79 Å². The summed E-state index contributed by atoms with van der Waals surface area (Å²) in [7, 11) is 0. The van der Waals surface area contributed by atoms with Crippen LogP contribution in [-0.2, 0) is 14.3 Å². The highest BCUT2D eigenvalue weighted by Gasteiger charge is 2.14. The molecule has 14 heavy (non-hydrogen) atoms. The summed E-state index contributed by atoms with van der Waals surface area (Å²) in [6.07, 6.45) is 0.731. The summed E-state index contributed by atoms with van der Waals surface area (Å²) in [5.41, 5.74) is 0. The summed E-state index contributed by atoms with van der Waals surface area (Å²) in [5.74, 6) is -0.252. The van der Waals surface area contributed by atoms with E-state index < -0.39 is 5.38 Å². The number of carbonyl (C=O) groups is 1. The van der Waals surface area contributed by atoms with Crippen molar-refractivity contribution in [1.29, 1.82) is 0 Å². The summed E-state index contributed by atoms with van der Waals surface area (Å²) >= 11 is 10.8. The van der Waals surface area contributed by atoms with Gasteiger partial charge in [-0.15, -0.1) is 11.6 Å². The summed E-state index contributed by atoms with van der Waals surface area (Å²) in [5, 5.41) is -0.0483. The third-order valence-electron chi connectivity index (χ3n) is 1.45. The maximum absolute atomic E-state index is 11.0. The number of carbonyl (C=O) groups excluding carboxylic acids is 1. The van der Waals surface area contributed by atoms with Gasteiger partial charge in [0.05, 0.1) is 13.2 Å². The number of ether oxygens (including phenoxy) is 2. The van der Waals surface area contributed by atoms with E-state index in [1.807, 2.05) is 6.92 Å². The molecule has 0 aromatic carbocycles. The fourth-order valence-corrected chi connectivity index (χ4v) is 1.24. The summed E-state index contributed by atoms with van der Waals surface area (Å²) in [6.45, 7) is 4.49. The van der Waals surface area contributed by atoms with E-state index in [0.717, 1.165) is 0 Å². The van der Waals surface area contributed by atoms with Crippen LogP contribution in [0.1, 0.15) is 26.7 Å². The van der Waals surface area contributed by atoms with Gasteiger partial charge in [-0.2, -0.15) is 0 Å². The van der Waals surface area contributed by atoms with Crippen LogP contribution >= 0.6 is 23.8 Å². The Morgan fingerprint density at radius 3 is 2.43 bits per heavy atom. The lowest BCUT2D eigenvalue weighted by molar-refractivity contribution is -0.143. The van der Waals surface area contributed by atoms with Crippen molar-refractivity contribution in [2.45, 2.75) is 32.1 Å². The van der Waals surface area contributed by atoms with Gasteiger partial charge >= 0.3 is 5.97 Å². The van der Waals surface area contributed by atoms with Gasteiger partial charge in [0, 0.05) is 6.42 Å². The third kappa shape index (κ3) is 6.16. The Balaban J connectivity index is 3.67. The van der Waals surface area contributed by atoms with Crippen molar-refractivity contribution >= 4 is 34.8 Å². The van der Waals surface area contributed by atoms with Crippen LogP contribution in [0.5, 0.6) is 0 Å². The minimum Gasteiger partial charge on any atom is -0.486 e. The van der Waals surface area contributed by atoms with E-state index in [-0.39, 0.29) is 12.4 Å². The molecule has 3 nitrogen and oxygen atoms in total. The molecule has 0 bridgehead atoms. The van der Waals surface area contributed by atoms with Crippen LogP contribution < -0.4 is 0 Å². The average molecular weight is 239 g/mol. The van der Waals surface area contributed by atoms with E-state index in [4.69, 9.17) is 33.3 Å². The maximum Gasteiger partial charge on any atom is 0.305 e. The Kier molecular flexibility index (Phi) is 7.80. The number of halogens is 1. The Hall–Kier alpha value is -0.350. The molecule has 0 heterocycles. The monoisotopic (exact) mass is 238 g/mol. The molecule has 0 N–H and O–H groups in total. The number of esters is 1. The number of hydrogen-bond acceptors (Lipinski definition) is 4. The predicted molar refractivity (Wildman–Crippen MR) is 59.7 cm³/mol. The Morgan fingerprint density at radius 1 is 1.36 bits per heavy atom. The number of thiocarbonyl (C=S) groups is 1. The van der Waals surface area contributed by atoms with Gasteiger partial charge < -0.3 is 9.47 Å². The zero-order valence-electron chi connectivity index (χ0n) is 8.42. The third-order valence-corrected chi connectivity index (χ3v) is 2.40. The SMILES string of the molecule is CCOC(=O)CCC(Cl)C(=S)OCC. The molecule has 0 radical (unpaired) electrons. The lowest BCUT2D eigenvalue weighted by Crippen LogP contribution is -2.17. The molecule has 1 atom stereocenters. The van der Waals surface area contributed by atoms with Crippen LogP contribution in [0, 0.1) is 0 Å². The molecular weight excluding hydrogens is 224 g/mol. The highest BCUT2D eigenvalue weighted by molar-refractivity contribution is 7.80. The molecule has 1 unspecified atom stereocenters. The largest absolute Gasteiger partial charge is 0.486 e. The van der Waals surface area contributed by atoms with Gasteiger partial charge in [0.2, 0.25) is 0 Å². The van der Waals surface area contributed by atoms with Crippen LogP contribution in [0.2, 0.25) is 0 Å². The topological polar surface area (TPSA) is 35.5 Å². The highest BCUT2D eigenvalue weighted by atomic mass is 35.5. The van der Waals surface area contributed by atoms with Crippen molar-refractivity contribution in [2.75, 3.05) is 13.2 Å². The lowest BCUT2D eigenvalue weighted by Gasteiger charge is -2.10. The molecule has 0 aliphatic carbocycles. The van der Waals surface area contributed by atoms with Crippen molar-refractivity contribution in [2.24, 2.45) is 0 Å².